The molecule has 5 heteroatoms. The fraction of sp³-hybridized carbons (Fsp3) is 0.526. The first kappa shape index (κ1) is 17.8. The second-order valence-corrected chi connectivity index (χ2v) is 7.37. The van der Waals surface area contributed by atoms with E-state index < -0.39 is 0 Å². The van der Waals surface area contributed by atoms with Gasteiger partial charge in [0.05, 0.1) is 16.2 Å². The number of aryl methyl sites for hydroxylation is 1. The van der Waals surface area contributed by atoms with Crippen LogP contribution in [0.25, 0.3) is 10.9 Å². The minimum atomic E-state index is 0.642. The van der Waals surface area contributed by atoms with Crippen molar-refractivity contribution in [2.45, 2.75) is 51.4 Å². The molecule has 0 saturated carbocycles. The molecule has 1 heterocycles. The number of aromatic nitrogens is 1. The molecule has 0 aliphatic heterocycles. The molecular weight excluding hydrogens is 341 g/mol. The smallest absolute Gasteiger partial charge is 0.0756 e. The molecule has 1 aromatic heterocycles. The Bertz CT molecular complexity index is 716. The fourth-order valence-electron chi connectivity index (χ4n) is 3.51. The van der Waals surface area contributed by atoms with Gasteiger partial charge in [-0.05, 0) is 62.8 Å². The van der Waals surface area contributed by atoms with E-state index in [-0.39, 0.29) is 0 Å². The van der Waals surface area contributed by atoms with Crippen LogP contribution in [0.1, 0.15) is 49.8 Å². The van der Waals surface area contributed by atoms with Crippen molar-refractivity contribution >= 4 is 39.8 Å². The fourth-order valence-corrected chi connectivity index (χ4v) is 4.08. The first-order chi connectivity index (χ1) is 11.7. The predicted molar refractivity (Wildman–Crippen MR) is 104 cm³/mol. The summed E-state index contributed by atoms with van der Waals surface area (Å²) in [4.78, 5) is 4.84. The number of unbranched alkanes of at least 4 members (excludes halogenated alkanes) is 3. The summed E-state index contributed by atoms with van der Waals surface area (Å²) in [7, 11) is 0. The van der Waals surface area contributed by atoms with Gasteiger partial charge in [-0.2, -0.15) is 0 Å². The Balaban J connectivity index is 1.88. The van der Waals surface area contributed by atoms with Crippen molar-refractivity contribution < 1.29 is 0 Å². The van der Waals surface area contributed by atoms with Gasteiger partial charge in [-0.3, -0.25) is 4.98 Å². The summed E-state index contributed by atoms with van der Waals surface area (Å²) in [5.74, 6) is 0. The number of hydrogen-bond acceptors (Lipinski definition) is 3. The summed E-state index contributed by atoms with van der Waals surface area (Å²) in [6, 6.07) is 3.73. The number of halogens is 2. The van der Waals surface area contributed by atoms with Crippen molar-refractivity contribution in [3.63, 3.8) is 0 Å². The largest absolute Gasteiger partial charge is 0.384 e. The van der Waals surface area contributed by atoms with Gasteiger partial charge >= 0.3 is 0 Å². The van der Waals surface area contributed by atoms with E-state index in [4.69, 9.17) is 33.9 Å². The first-order valence-corrected chi connectivity index (χ1v) is 9.70. The molecule has 3 rings (SSSR count). The lowest BCUT2D eigenvalue weighted by molar-refractivity contribution is 0.657. The van der Waals surface area contributed by atoms with E-state index in [2.05, 4.69) is 5.32 Å². The Morgan fingerprint density at radius 3 is 2.67 bits per heavy atom. The van der Waals surface area contributed by atoms with E-state index in [0.29, 0.717) is 10.0 Å². The Labute approximate surface area is 153 Å². The highest BCUT2D eigenvalue weighted by molar-refractivity contribution is 6.39. The minimum Gasteiger partial charge on any atom is -0.384 e. The highest BCUT2D eigenvalue weighted by atomic mass is 35.5. The molecule has 24 heavy (non-hydrogen) atoms. The van der Waals surface area contributed by atoms with Crippen molar-refractivity contribution in [3.8, 4) is 0 Å². The zero-order valence-electron chi connectivity index (χ0n) is 14.0. The monoisotopic (exact) mass is 365 g/mol. The lowest BCUT2D eigenvalue weighted by Crippen LogP contribution is -2.12. The number of nitrogens with zero attached hydrogens (tertiary/aromatic N) is 1. The van der Waals surface area contributed by atoms with E-state index in [1.54, 1.807) is 0 Å². The summed E-state index contributed by atoms with van der Waals surface area (Å²) in [5.41, 5.74) is 10.2. The van der Waals surface area contributed by atoms with Crippen LogP contribution in [0.5, 0.6) is 0 Å². The molecule has 1 aliphatic rings. The molecule has 2 aromatic rings. The third kappa shape index (κ3) is 3.96. The molecule has 130 valence electrons. The molecule has 0 saturated heterocycles. The number of fused-ring (bicyclic) bond motifs is 2. The molecule has 0 spiro atoms. The number of rotatable bonds is 7. The third-order valence-corrected chi connectivity index (χ3v) is 5.23. The van der Waals surface area contributed by atoms with Crippen LogP contribution in [-0.2, 0) is 12.8 Å². The van der Waals surface area contributed by atoms with Gasteiger partial charge in [0.25, 0.3) is 0 Å². The summed E-state index contributed by atoms with van der Waals surface area (Å²) < 4.78 is 0. The molecule has 3 nitrogen and oxygen atoms in total. The van der Waals surface area contributed by atoms with Crippen LogP contribution in [0.15, 0.2) is 12.1 Å². The zero-order chi connectivity index (χ0) is 16.9. The second kappa shape index (κ2) is 8.37. The maximum absolute atomic E-state index is 6.51. The lowest BCUT2D eigenvalue weighted by Gasteiger charge is -2.22. The molecule has 0 fully saturated rings. The van der Waals surface area contributed by atoms with Gasteiger partial charge in [-0.1, -0.05) is 36.0 Å². The average molecular weight is 366 g/mol. The molecule has 0 radical (unpaired) electrons. The van der Waals surface area contributed by atoms with Crippen LogP contribution in [0.4, 0.5) is 5.69 Å². The normalized spacial score (nSPS) is 14.0. The van der Waals surface area contributed by atoms with Crippen LogP contribution in [-0.4, -0.2) is 18.1 Å². The summed E-state index contributed by atoms with van der Waals surface area (Å²) in [6.07, 6.45) is 9.20. The van der Waals surface area contributed by atoms with Crippen LogP contribution >= 0.6 is 23.2 Å². The molecule has 1 aliphatic carbocycles. The Morgan fingerprint density at radius 1 is 1.04 bits per heavy atom. The zero-order valence-corrected chi connectivity index (χ0v) is 15.5. The average Bonchev–Trinajstić information content (AvgIpc) is 2.56. The maximum Gasteiger partial charge on any atom is 0.0756 e. The SMILES string of the molecule is NCCCCCCNc1c2c(nc3cc(Cl)cc(Cl)c13)CCCC2. The van der Waals surface area contributed by atoms with Crippen molar-refractivity contribution in [3.05, 3.63) is 33.4 Å². The van der Waals surface area contributed by atoms with Gasteiger partial charge in [0.1, 0.15) is 0 Å². The molecule has 0 unspecified atom stereocenters. The van der Waals surface area contributed by atoms with Crippen LogP contribution in [0, 0.1) is 0 Å². The predicted octanol–water partition coefficient (Wildman–Crippen LogP) is 5.35. The molecule has 0 atom stereocenters. The van der Waals surface area contributed by atoms with Gasteiger partial charge in [-0.25, -0.2) is 0 Å². The Kier molecular flexibility index (Phi) is 6.20. The molecule has 1 aromatic carbocycles. The van der Waals surface area contributed by atoms with E-state index in [9.17, 15) is 0 Å². The summed E-state index contributed by atoms with van der Waals surface area (Å²) >= 11 is 12.7. The van der Waals surface area contributed by atoms with Crippen LogP contribution < -0.4 is 11.1 Å². The molecular formula is C19H25Cl2N3. The lowest BCUT2D eigenvalue weighted by atomic mass is 9.92. The van der Waals surface area contributed by atoms with Crippen molar-refractivity contribution in [2.75, 3.05) is 18.4 Å². The molecule has 3 N–H and O–H groups in total. The number of pyridine rings is 1. The van der Waals surface area contributed by atoms with Gasteiger partial charge in [0, 0.05) is 22.6 Å². The quantitative estimate of drug-likeness (QED) is 0.650. The Morgan fingerprint density at radius 2 is 1.83 bits per heavy atom. The third-order valence-electron chi connectivity index (χ3n) is 4.71. The van der Waals surface area contributed by atoms with Crippen molar-refractivity contribution in [2.24, 2.45) is 5.73 Å². The topological polar surface area (TPSA) is 50.9 Å². The number of anilines is 1. The van der Waals surface area contributed by atoms with Gasteiger partial charge in [0.2, 0.25) is 0 Å². The van der Waals surface area contributed by atoms with E-state index >= 15 is 0 Å². The van der Waals surface area contributed by atoms with Gasteiger partial charge < -0.3 is 11.1 Å². The highest BCUT2D eigenvalue weighted by Gasteiger charge is 2.20. The minimum absolute atomic E-state index is 0.642. The standard InChI is InChI=1S/C19H25Cl2N3/c20-13-11-15(21)18-17(12-13)24-16-8-4-3-7-14(16)19(18)23-10-6-2-1-5-9-22/h11-12H,1-10,22H2,(H,23,24). The first-order valence-electron chi connectivity index (χ1n) is 8.95. The van der Waals surface area contributed by atoms with E-state index in [1.165, 1.54) is 42.6 Å². The van der Waals surface area contributed by atoms with Gasteiger partial charge in [-0.15, -0.1) is 0 Å². The highest BCUT2D eigenvalue weighted by Crippen LogP contribution is 2.38. The second-order valence-electron chi connectivity index (χ2n) is 6.53. The Hall–Kier alpha value is -1.03. The number of benzene rings is 1. The van der Waals surface area contributed by atoms with Crippen LogP contribution in [0.3, 0.4) is 0 Å². The summed E-state index contributed by atoms with van der Waals surface area (Å²) in [6.45, 7) is 1.74. The van der Waals surface area contributed by atoms with Crippen molar-refractivity contribution in [1.82, 2.24) is 4.98 Å². The number of nitrogens with one attached hydrogen (secondary N) is 1. The molecule has 0 amide bonds. The summed E-state index contributed by atoms with van der Waals surface area (Å²) in [5, 5.41) is 6.00. The maximum atomic E-state index is 6.51. The van der Waals surface area contributed by atoms with Crippen molar-refractivity contribution in [1.29, 1.82) is 0 Å². The molecule has 0 bridgehead atoms. The number of hydrogen-bond donors (Lipinski definition) is 2. The van der Waals surface area contributed by atoms with E-state index in [1.807, 2.05) is 12.1 Å². The van der Waals surface area contributed by atoms with Crippen LogP contribution in [0.2, 0.25) is 10.0 Å². The van der Waals surface area contributed by atoms with Gasteiger partial charge in [0.15, 0.2) is 0 Å². The van der Waals surface area contributed by atoms with E-state index in [0.717, 1.165) is 49.7 Å². The number of nitrogens with two attached hydrogens (primary N) is 1.